The molecule has 3 heteroatoms. The Morgan fingerprint density at radius 3 is 2.28 bits per heavy atom. The van der Waals surface area contributed by atoms with Crippen LogP contribution in [0.15, 0.2) is 78.9 Å². The fourth-order valence-electron chi connectivity index (χ4n) is 3.28. The van der Waals surface area contributed by atoms with Gasteiger partial charge in [-0.3, -0.25) is 9.69 Å². The Bertz CT molecular complexity index is 887. The molecule has 0 saturated heterocycles. The van der Waals surface area contributed by atoms with E-state index < -0.39 is 0 Å². The number of rotatable bonds is 3. The molecule has 3 aromatic rings. The number of carbonyl (C=O) groups is 1. The van der Waals surface area contributed by atoms with Crippen LogP contribution in [0.4, 0.5) is 11.4 Å². The van der Waals surface area contributed by atoms with Gasteiger partial charge in [-0.25, -0.2) is 0 Å². The molecule has 1 aliphatic heterocycles. The molecular weight excluding hydrogens is 308 g/mol. The first-order chi connectivity index (χ1) is 12.3. The first-order valence-corrected chi connectivity index (χ1v) is 8.61. The molecule has 3 nitrogen and oxygen atoms in total. The van der Waals surface area contributed by atoms with Crippen molar-refractivity contribution in [3.63, 3.8) is 0 Å². The summed E-state index contributed by atoms with van der Waals surface area (Å²) in [6, 6.07) is 26.0. The van der Waals surface area contributed by atoms with Crippen molar-refractivity contribution in [2.24, 2.45) is 0 Å². The van der Waals surface area contributed by atoms with Gasteiger partial charge in [0.1, 0.15) is 6.17 Å². The molecule has 124 valence electrons. The van der Waals surface area contributed by atoms with Gasteiger partial charge in [-0.05, 0) is 41.8 Å². The van der Waals surface area contributed by atoms with Crippen molar-refractivity contribution in [1.29, 1.82) is 0 Å². The van der Waals surface area contributed by atoms with E-state index in [1.807, 2.05) is 59.5 Å². The van der Waals surface area contributed by atoms with Gasteiger partial charge in [-0.1, -0.05) is 61.5 Å². The number of aryl methyl sites for hydroxylation is 1. The first kappa shape index (κ1) is 15.5. The second-order valence-electron chi connectivity index (χ2n) is 6.20. The maximum absolute atomic E-state index is 13.2. The number of para-hydroxylation sites is 2. The Hall–Kier alpha value is -3.07. The topological polar surface area (TPSA) is 32.3 Å². The third-order valence-electron chi connectivity index (χ3n) is 4.66. The summed E-state index contributed by atoms with van der Waals surface area (Å²) in [7, 11) is 0. The number of nitrogens with one attached hydrogen (secondary N) is 1. The average molecular weight is 328 g/mol. The molecule has 0 fully saturated rings. The van der Waals surface area contributed by atoms with E-state index in [0.29, 0.717) is 5.56 Å². The van der Waals surface area contributed by atoms with Gasteiger partial charge in [0, 0.05) is 11.4 Å². The normalized spacial score (nSPS) is 16.3. The molecule has 0 aromatic heterocycles. The molecule has 0 unspecified atom stereocenters. The van der Waals surface area contributed by atoms with Crippen molar-refractivity contribution in [1.82, 2.24) is 0 Å². The summed E-state index contributed by atoms with van der Waals surface area (Å²) in [5.74, 6) is 0.0186. The molecule has 0 bridgehead atoms. The summed E-state index contributed by atoms with van der Waals surface area (Å²) in [5, 5.41) is 3.53. The van der Waals surface area contributed by atoms with Gasteiger partial charge in [0.25, 0.3) is 5.91 Å². The highest BCUT2D eigenvalue weighted by molar-refractivity contribution is 6.12. The van der Waals surface area contributed by atoms with Gasteiger partial charge in [0.05, 0.1) is 5.56 Å². The molecule has 0 radical (unpaired) electrons. The molecule has 1 atom stereocenters. The van der Waals surface area contributed by atoms with Crippen LogP contribution in [0.5, 0.6) is 0 Å². The summed E-state index contributed by atoms with van der Waals surface area (Å²) in [6.45, 7) is 2.14. The number of benzene rings is 3. The zero-order valence-corrected chi connectivity index (χ0v) is 14.1. The van der Waals surface area contributed by atoms with E-state index in [1.165, 1.54) is 5.56 Å². The lowest BCUT2D eigenvalue weighted by Crippen LogP contribution is -2.43. The van der Waals surface area contributed by atoms with E-state index in [-0.39, 0.29) is 12.1 Å². The van der Waals surface area contributed by atoms with Gasteiger partial charge in [-0.15, -0.1) is 0 Å². The lowest BCUT2D eigenvalue weighted by Gasteiger charge is -2.38. The van der Waals surface area contributed by atoms with Crippen molar-refractivity contribution >= 4 is 17.3 Å². The van der Waals surface area contributed by atoms with E-state index in [1.54, 1.807) is 0 Å². The lowest BCUT2D eigenvalue weighted by molar-refractivity contribution is 0.0975. The number of carbonyl (C=O) groups excluding carboxylic acids is 1. The summed E-state index contributed by atoms with van der Waals surface area (Å²) >= 11 is 0. The van der Waals surface area contributed by atoms with Crippen molar-refractivity contribution < 1.29 is 4.79 Å². The highest BCUT2D eigenvalue weighted by Crippen LogP contribution is 2.36. The fourth-order valence-corrected chi connectivity index (χ4v) is 3.28. The monoisotopic (exact) mass is 328 g/mol. The minimum atomic E-state index is -0.226. The van der Waals surface area contributed by atoms with Gasteiger partial charge in [-0.2, -0.15) is 0 Å². The Balaban J connectivity index is 1.82. The Morgan fingerprint density at radius 1 is 0.880 bits per heavy atom. The predicted octanol–water partition coefficient (Wildman–Crippen LogP) is 5.02. The van der Waals surface area contributed by atoms with Crippen molar-refractivity contribution in [2.75, 3.05) is 10.2 Å². The molecule has 1 heterocycles. The fraction of sp³-hybridized carbons (Fsp3) is 0.136. The molecule has 3 aromatic carbocycles. The largest absolute Gasteiger partial charge is 0.360 e. The number of hydrogen-bond donors (Lipinski definition) is 1. The number of nitrogens with zero attached hydrogens (tertiary/aromatic N) is 1. The standard InChI is InChI=1S/C22H20N2O/c1-2-16-12-14-17(15-13-16)21-23-20-11-7-6-10-19(20)22(25)24(21)18-8-4-3-5-9-18/h3-15,21,23H,2H2,1H3/t21-/m1/s1. The summed E-state index contributed by atoms with van der Waals surface area (Å²) in [5.41, 5.74) is 4.83. The van der Waals surface area contributed by atoms with Crippen LogP contribution < -0.4 is 10.2 Å². The third kappa shape index (κ3) is 2.78. The van der Waals surface area contributed by atoms with Crippen molar-refractivity contribution in [2.45, 2.75) is 19.5 Å². The van der Waals surface area contributed by atoms with Crippen LogP contribution in [0.3, 0.4) is 0 Å². The van der Waals surface area contributed by atoms with Crippen LogP contribution in [0.1, 0.15) is 34.6 Å². The molecule has 1 amide bonds. The van der Waals surface area contributed by atoms with Crippen LogP contribution in [0, 0.1) is 0 Å². The van der Waals surface area contributed by atoms with Crippen LogP contribution in [0.2, 0.25) is 0 Å². The van der Waals surface area contributed by atoms with Crippen LogP contribution >= 0.6 is 0 Å². The van der Waals surface area contributed by atoms with Crippen LogP contribution in [0.25, 0.3) is 0 Å². The summed E-state index contributed by atoms with van der Waals surface area (Å²) < 4.78 is 0. The zero-order chi connectivity index (χ0) is 17.2. The maximum atomic E-state index is 13.2. The smallest absolute Gasteiger partial charge is 0.262 e. The minimum Gasteiger partial charge on any atom is -0.360 e. The first-order valence-electron chi connectivity index (χ1n) is 8.61. The highest BCUT2D eigenvalue weighted by atomic mass is 16.2. The maximum Gasteiger partial charge on any atom is 0.262 e. The van der Waals surface area contributed by atoms with Crippen LogP contribution in [-0.4, -0.2) is 5.91 Å². The molecule has 1 aliphatic rings. The summed E-state index contributed by atoms with van der Waals surface area (Å²) in [4.78, 5) is 15.0. The number of anilines is 2. The third-order valence-corrected chi connectivity index (χ3v) is 4.66. The molecule has 25 heavy (non-hydrogen) atoms. The second kappa shape index (κ2) is 6.44. The van der Waals surface area contributed by atoms with Gasteiger partial charge < -0.3 is 5.32 Å². The molecule has 0 spiro atoms. The van der Waals surface area contributed by atoms with E-state index in [0.717, 1.165) is 23.4 Å². The minimum absolute atomic E-state index is 0.0186. The quantitative estimate of drug-likeness (QED) is 0.732. The molecule has 0 saturated carbocycles. The second-order valence-corrected chi connectivity index (χ2v) is 6.20. The van der Waals surface area contributed by atoms with Crippen LogP contribution in [-0.2, 0) is 6.42 Å². The molecular formula is C22H20N2O. The number of amides is 1. The Morgan fingerprint density at radius 2 is 1.56 bits per heavy atom. The number of hydrogen-bond acceptors (Lipinski definition) is 2. The van der Waals surface area contributed by atoms with Gasteiger partial charge in [0.2, 0.25) is 0 Å². The van der Waals surface area contributed by atoms with E-state index in [2.05, 4.69) is 36.5 Å². The predicted molar refractivity (Wildman–Crippen MR) is 102 cm³/mol. The number of fused-ring (bicyclic) bond motifs is 1. The van der Waals surface area contributed by atoms with Crippen molar-refractivity contribution in [3.8, 4) is 0 Å². The van der Waals surface area contributed by atoms with Gasteiger partial charge >= 0.3 is 0 Å². The molecule has 1 N–H and O–H groups in total. The van der Waals surface area contributed by atoms with E-state index in [9.17, 15) is 4.79 Å². The average Bonchev–Trinajstić information content (AvgIpc) is 2.69. The molecule has 4 rings (SSSR count). The lowest BCUT2D eigenvalue weighted by atomic mass is 10.0. The highest BCUT2D eigenvalue weighted by Gasteiger charge is 2.33. The van der Waals surface area contributed by atoms with Crippen molar-refractivity contribution in [3.05, 3.63) is 95.6 Å². The van der Waals surface area contributed by atoms with E-state index in [4.69, 9.17) is 0 Å². The SMILES string of the molecule is CCc1ccc([C@@H]2Nc3ccccc3C(=O)N2c2ccccc2)cc1. The summed E-state index contributed by atoms with van der Waals surface area (Å²) in [6.07, 6.45) is 0.776. The van der Waals surface area contributed by atoms with E-state index >= 15 is 0 Å². The van der Waals surface area contributed by atoms with Gasteiger partial charge in [0.15, 0.2) is 0 Å². The Labute approximate surface area is 147 Å². The molecule has 0 aliphatic carbocycles. The zero-order valence-electron chi connectivity index (χ0n) is 14.1. The Kier molecular flexibility index (Phi) is 3.98.